The number of nitrogens with one attached hydrogen (secondary N) is 2. The van der Waals surface area contributed by atoms with Gasteiger partial charge in [0.2, 0.25) is 11.8 Å². The minimum absolute atomic E-state index is 0.0800. The van der Waals surface area contributed by atoms with Crippen molar-refractivity contribution in [2.45, 2.75) is 110 Å². The van der Waals surface area contributed by atoms with Gasteiger partial charge in [0.15, 0.2) is 0 Å². The number of hydrogen-bond donors (Lipinski definition) is 4. The summed E-state index contributed by atoms with van der Waals surface area (Å²) >= 11 is 0. The Labute approximate surface area is 204 Å². The lowest BCUT2D eigenvalue weighted by molar-refractivity contribution is -0.125. The van der Waals surface area contributed by atoms with E-state index in [2.05, 4.69) is 17.6 Å². The highest BCUT2D eigenvalue weighted by Crippen LogP contribution is 2.13. The van der Waals surface area contributed by atoms with Gasteiger partial charge < -0.3 is 22.1 Å². The van der Waals surface area contributed by atoms with E-state index in [0.29, 0.717) is 26.2 Å². The molecule has 6 N–H and O–H groups in total. The molecular weight excluding hydrogens is 414 g/mol. The highest BCUT2D eigenvalue weighted by Gasteiger charge is 2.14. The summed E-state index contributed by atoms with van der Waals surface area (Å²) in [5.74, 6) is -0.160. The highest BCUT2D eigenvalue weighted by atomic mass is 16.2. The summed E-state index contributed by atoms with van der Waals surface area (Å²) in [4.78, 5) is 26.0. The first-order valence-electron chi connectivity index (χ1n) is 13.8. The smallest absolute Gasteiger partial charge is 0.234 e. The maximum atomic E-state index is 12.0. The van der Waals surface area contributed by atoms with Gasteiger partial charge in [-0.2, -0.15) is 0 Å². The summed E-state index contributed by atoms with van der Waals surface area (Å²) < 4.78 is 0. The lowest BCUT2D eigenvalue weighted by Crippen LogP contribution is -2.44. The molecule has 7 nitrogen and oxygen atoms in total. The topological polar surface area (TPSA) is 113 Å². The molecule has 0 heterocycles. The van der Waals surface area contributed by atoms with Gasteiger partial charge in [0.1, 0.15) is 0 Å². The Morgan fingerprint density at radius 2 is 0.909 bits per heavy atom. The number of nitrogens with zero attached hydrogens (tertiary/aromatic N) is 1. The quantitative estimate of drug-likeness (QED) is 0.152. The van der Waals surface area contributed by atoms with Gasteiger partial charge in [-0.3, -0.25) is 14.5 Å². The minimum Gasteiger partial charge on any atom is -0.354 e. The number of nitrogens with two attached hydrogens (primary N) is 2. The first-order chi connectivity index (χ1) is 16.1. The van der Waals surface area contributed by atoms with Crippen molar-refractivity contribution in [2.75, 3.05) is 45.8 Å². The molecule has 0 aromatic heterocycles. The second kappa shape index (κ2) is 25.4. The Morgan fingerprint density at radius 3 is 1.24 bits per heavy atom. The van der Waals surface area contributed by atoms with Gasteiger partial charge in [-0.05, 0) is 13.0 Å². The van der Waals surface area contributed by atoms with Crippen LogP contribution in [0.15, 0.2) is 0 Å². The summed E-state index contributed by atoms with van der Waals surface area (Å²) in [6.45, 7) is 5.25. The Bertz CT molecular complexity index is 426. The lowest BCUT2D eigenvalue weighted by Gasteiger charge is -2.21. The SMILES string of the molecule is CCCCCCCCCCCCCCCCCCN(CC(=O)NCCN)CC(=O)NCCN. The summed E-state index contributed by atoms with van der Waals surface area (Å²) in [5.41, 5.74) is 10.9. The third-order valence-corrected chi connectivity index (χ3v) is 6.00. The average Bonchev–Trinajstić information content (AvgIpc) is 2.81. The molecule has 196 valence electrons. The van der Waals surface area contributed by atoms with Crippen molar-refractivity contribution in [2.24, 2.45) is 11.5 Å². The zero-order valence-corrected chi connectivity index (χ0v) is 21.7. The van der Waals surface area contributed by atoms with Gasteiger partial charge in [0.25, 0.3) is 0 Å². The molecule has 0 fully saturated rings. The molecule has 0 rings (SSSR count). The van der Waals surface area contributed by atoms with Crippen LogP contribution < -0.4 is 22.1 Å². The van der Waals surface area contributed by atoms with Crippen molar-refractivity contribution in [3.63, 3.8) is 0 Å². The highest BCUT2D eigenvalue weighted by molar-refractivity contribution is 5.81. The molecule has 0 aliphatic carbocycles. The van der Waals surface area contributed by atoms with Crippen LogP contribution in [0.1, 0.15) is 110 Å². The van der Waals surface area contributed by atoms with E-state index in [0.717, 1.165) is 19.4 Å². The molecule has 0 saturated heterocycles. The van der Waals surface area contributed by atoms with Gasteiger partial charge in [-0.15, -0.1) is 0 Å². The fourth-order valence-electron chi connectivity index (χ4n) is 4.04. The van der Waals surface area contributed by atoms with E-state index in [1.54, 1.807) is 0 Å². The van der Waals surface area contributed by atoms with Crippen LogP contribution in [0.2, 0.25) is 0 Å². The summed E-state index contributed by atoms with van der Waals surface area (Å²) in [6, 6.07) is 0. The largest absolute Gasteiger partial charge is 0.354 e. The number of unbranched alkanes of at least 4 members (excludes halogenated alkanes) is 15. The zero-order valence-electron chi connectivity index (χ0n) is 21.7. The number of rotatable bonds is 25. The van der Waals surface area contributed by atoms with Crippen molar-refractivity contribution < 1.29 is 9.59 Å². The van der Waals surface area contributed by atoms with Gasteiger partial charge in [0, 0.05) is 26.2 Å². The molecular formula is C26H55N5O2. The first kappa shape index (κ1) is 31.8. The Hall–Kier alpha value is -1.18. The van der Waals surface area contributed by atoms with E-state index in [4.69, 9.17) is 11.5 Å². The van der Waals surface area contributed by atoms with Crippen LogP contribution in [0.3, 0.4) is 0 Å². The van der Waals surface area contributed by atoms with Gasteiger partial charge in [-0.1, -0.05) is 103 Å². The van der Waals surface area contributed by atoms with Crippen LogP contribution in [-0.2, 0) is 9.59 Å². The summed E-state index contributed by atoms with van der Waals surface area (Å²) in [5, 5.41) is 5.56. The van der Waals surface area contributed by atoms with Crippen molar-refractivity contribution in [3.8, 4) is 0 Å². The molecule has 0 aromatic rings. The zero-order chi connectivity index (χ0) is 24.4. The van der Waals surface area contributed by atoms with E-state index < -0.39 is 0 Å². The van der Waals surface area contributed by atoms with Gasteiger partial charge in [0.05, 0.1) is 13.1 Å². The first-order valence-corrected chi connectivity index (χ1v) is 13.8. The van der Waals surface area contributed by atoms with E-state index >= 15 is 0 Å². The molecule has 0 bridgehead atoms. The number of amides is 2. The Balaban J connectivity index is 3.72. The van der Waals surface area contributed by atoms with Gasteiger partial charge >= 0.3 is 0 Å². The van der Waals surface area contributed by atoms with E-state index in [-0.39, 0.29) is 24.9 Å². The van der Waals surface area contributed by atoms with Crippen LogP contribution in [0, 0.1) is 0 Å². The van der Waals surface area contributed by atoms with Gasteiger partial charge in [-0.25, -0.2) is 0 Å². The van der Waals surface area contributed by atoms with Crippen LogP contribution >= 0.6 is 0 Å². The Morgan fingerprint density at radius 1 is 0.576 bits per heavy atom. The van der Waals surface area contributed by atoms with Crippen molar-refractivity contribution in [1.82, 2.24) is 15.5 Å². The lowest BCUT2D eigenvalue weighted by atomic mass is 10.0. The third-order valence-electron chi connectivity index (χ3n) is 6.00. The van der Waals surface area contributed by atoms with E-state index in [1.165, 1.54) is 89.9 Å². The van der Waals surface area contributed by atoms with Crippen LogP contribution in [0.5, 0.6) is 0 Å². The van der Waals surface area contributed by atoms with Crippen molar-refractivity contribution >= 4 is 11.8 Å². The van der Waals surface area contributed by atoms with E-state index in [9.17, 15) is 9.59 Å². The second-order valence-electron chi connectivity index (χ2n) is 9.29. The predicted molar refractivity (Wildman–Crippen MR) is 140 cm³/mol. The third kappa shape index (κ3) is 23.8. The summed E-state index contributed by atoms with van der Waals surface area (Å²) in [6.07, 6.45) is 21.3. The monoisotopic (exact) mass is 469 g/mol. The maximum Gasteiger partial charge on any atom is 0.234 e. The molecule has 33 heavy (non-hydrogen) atoms. The molecule has 0 unspecified atom stereocenters. The van der Waals surface area contributed by atoms with Crippen LogP contribution in [-0.4, -0.2) is 62.5 Å². The maximum absolute atomic E-state index is 12.0. The molecule has 2 amide bonds. The van der Waals surface area contributed by atoms with Crippen molar-refractivity contribution in [3.05, 3.63) is 0 Å². The second-order valence-corrected chi connectivity index (χ2v) is 9.29. The standard InChI is InChI=1S/C26H55N5O2/c1-2-3-4-5-6-7-8-9-10-11-12-13-14-15-16-17-22-31(23-25(32)29-20-18-27)24-26(33)30-21-19-28/h2-24,27-28H2,1H3,(H,29,32)(H,30,33). The molecule has 7 heteroatoms. The van der Waals surface area contributed by atoms with Crippen molar-refractivity contribution in [1.29, 1.82) is 0 Å². The van der Waals surface area contributed by atoms with Crippen LogP contribution in [0.25, 0.3) is 0 Å². The Kier molecular flexibility index (Phi) is 24.5. The predicted octanol–water partition coefficient (Wildman–Crippen LogP) is 3.70. The molecule has 0 radical (unpaired) electrons. The normalized spacial score (nSPS) is 11.2. The number of carbonyl (C=O) groups is 2. The fourth-order valence-corrected chi connectivity index (χ4v) is 4.04. The fraction of sp³-hybridized carbons (Fsp3) is 0.923. The molecule has 0 aliphatic heterocycles. The molecule has 0 saturated carbocycles. The number of carbonyl (C=O) groups excluding carboxylic acids is 2. The molecule has 0 atom stereocenters. The number of hydrogen-bond acceptors (Lipinski definition) is 5. The molecule has 0 spiro atoms. The van der Waals surface area contributed by atoms with Crippen LogP contribution in [0.4, 0.5) is 0 Å². The molecule has 0 aromatic carbocycles. The average molecular weight is 470 g/mol. The molecule has 0 aliphatic rings. The minimum atomic E-state index is -0.0800. The van der Waals surface area contributed by atoms with E-state index in [1.807, 2.05) is 4.90 Å². The summed E-state index contributed by atoms with van der Waals surface area (Å²) in [7, 11) is 0.